The zero-order valence-electron chi connectivity index (χ0n) is 16.4. The van der Waals surface area contributed by atoms with Crippen molar-refractivity contribution in [3.8, 4) is 0 Å². The first-order chi connectivity index (χ1) is 11.1. The Morgan fingerprint density at radius 3 is 2.25 bits per heavy atom. The number of guanidine groups is 1. The molecule has 24 heavy (non-hydrogen) atoms. The number of aliphatic imine (C=N–C) groups is 1. The highest BCUT2D eigenvalue weighted by atomic mass is 32.2. The van der Waals surface area contributed by atoms with Gasteiger partial charge in [0.2, 0.25) is 0 Å². The fourth-order valence-electron chi connectivity index (χ4n) is 3.22. The number of nitrogens with zero attached hydrogens (tertiary/aromatic N) is 1. The van der Waals surface area contributed by atoms with Gasteiger partial charge in [-0.05, 0) is 39.5 Å². The third-order valence-corrected chi connectivity index (χ3v) is 7.97. The number of rotatable bonds is 6. The van der Waals surface area contributed by atoms with Crippen LogP contribution in [-0.4, -0.2) is 44.5 Å². The average molecular weight is 360 g/mol. The summed E-state index contributed by atoms with van der Waals surface area (Å²) < 4.78 is 23.6. The van der Waals surface area contributed by atoms with E-state index in [1.807, 2.05) is 0 Å². The van der Waals surface area contributed by atoms with Crippen molar-refractivity contribution in [3.05, 3.63) is 0 Å². The van der Waals surface area contributed by atoms with Crippen molar-refractivity contribution in [1.82, 2.24) is 10.6 Å². The van der Waals surface area contributed by atoms with E-state index in [4.69, 9.17) is 0 Å². The predicted molar refractivity (Wildman–Crippen MR) is 103 cm³/mol. The van der Waals surface area contributed by atoms with Gasteiger partial charge in [0.25, 0.3) is 0 Å². The molecule has 0 radical (unpaired) electrons. The average Bonchev–Trinajstić information content (AvgIpc) is 2.52. The summed E-state index contributed by atoms with van der Waals surface area (Å²) in [6.45, 7) is 10.1. The molecule has 0 amide bonds. The van der Waals surface area contributed by atoms with E-state index < -0.39 is 14.6 Å². The Balaban J connectivity index is 2.47. The number of hydrogen-bond donors (Lipinski definition) is 2. The summed E-state index contributed by atoms with van der Waals surface area (Å²) in [5.74, 6) is 2.17. The molecule has 1 rings (SSSR count). The van der Waals surface area contributed by atoms with Gasteiger partial charge in [-0.25, -0.2) is 8.42 Å². The first-order valence-electron chi connectivity index (χ1n) is 9.28. The molecule has 2 atom stereocenters. The second-order valence-electron chi connectivity index (χ2n) is 8.12. The zero-order chi connectivity index (χ0) is 18.4. The standard InChI is InChI=1S/C18H37N3O2S/c1-14(16-10-8-7-9-11-16)15(2)21-17(19-6)20-12-13-24(22,23)18(3,4)5/h14-16H,7-13H2,1-6H3,(H2,19,20,21). The summed E-state index contributed by atoms with van der Waals surface area (Å²) >= 11 is 0. The van der Waals surface area contributed by atoms with Gasteiger partial charge in [-0.15, -0.1) is 0 Å². The van der Waals surface area contributed by atoms with Crippen LogP contribution in [0, 0.1) is 11.8 Å². The lowest BCUT2D eigenvalue weighted by atomic mass is 9.78. The number of hydrogen-bond acceptors (Lipinski definition) is 3. The van der Waals surface area contributed by atoms with Crippen LogP contribution in [0.5, 0.6) is 0 Å². The maximum Gasteiger partial charge on any atom is 0.191 e. The van der Waals surface area contributed by atoms with Gasteiger partial charge >= 0.3 is 0 Å². The van der Waals surface area contributed by atoms with E-state index in [0.29, 0.717) is 24.5 Å². The smallest absolute Gasteiger partial charge is 0.191 e. The minimum absolute atomic E-state index is 0.115. The molecule has 0 saturated heterocycles. The molecule has 0 aromatic rings. The van der Waals surface area contributed by atoms with Gasteiger partial charge in [0.05, 0.1) is 10.5 Å². The molecule has 5 nitrogen and oxygen atoms in total. The first-order valence-corrected chi connectivity index (χ1v) is 10.9. The van der Waals surface area contributed by atoms with Gasteiger partial charge in [-0.3, -0.25) is 4.99 Å². The van der Waals surface area contributed by atoms with Gasteiger partial charge in [0.1, 0.15) is 0 Å². The summed E-state index contributed by atoms with van der Waals surface area (Å²) in [5, 5.41) is 6.58. The minimum Gasteiger partial charge on any atom is -0.355 e. The lowest BCUT2D eigenvalue weighted by molar-refractivity contribution is 0.229. The van der Waals surface area contributed by atoms with E-state index in [9.17, 15) is 8.42 Å². The summed E-state index contributed by atoms with van der Waals surface area (Å²) in [4.78, 5) is 4.24. The zero-order valence-corrected chi connectivity index (χ0v) is 17.2. The van der Waals surface area contributed by atoms with Crippen molar-refractivity contribution in [2.24, 2.45) is 16.8 Å². The van der Waals surface area contributed by atoms with Crippen LogP contribution in [0.1, 0.15) is 66.7 Å². The van der Waals surface area contributed by atoms with Gasteiger partial charge < -0.3 is 10.6 Å². The van der Waals surface area contributed by atoms with Crippen molar-refractivity contribution in [1.29, 1.82) is 0 Å². The second-order valence-corrected chi connectivity index (χ2v) is 11.0. The molecule has 0 heterocycles. The molecule has 1 aliphatic carbocycles. The Labute approximate surface area is 149 Å². The van der Waals surface area contributed by atoms with E-state index in [2.05, 4.69) is 29.5 Å². The number of sulfone groups is 1. The Hall–Kier alpha value is -0.780. The monoisotopic (exact) mass is 359 g/mol. The molecule has 142 valence electrons. The van der Waals surface area contributed by atoms with Crippen LogP contribution < -0.4 is 10.6 Å². The van der Waals surface area contributed by atoms with Crippen LogP contribution in [-0.2, 0) is 9.84 Å². The van der Waals surface area contributed by atoms with E-state index >= 15 is 0 Å². The molecule has 0 aromatic carbocycles. The highest BCUT2D eigenvalue weighted by Crippen LogP contribution is 2.31. The molecule has 0 aliphatic heterocycles. The quantitative estimate of drug-likeness (QED) is 0.565. The first kappa shape index (κ1) is 21.3. The SMILES string of the molecule is CN=C(NCCS(=O)(=O)C(C)(C)C)NC(C)C(C)C1CCCCC1. The van der Waals surface area contributed by atoms with Gasteiger partial charge in [0, 0.05) is 19.6 Å². The molecular formula is C18H37N3O2S. The Kier molecular flexibility index (Phi) is 8.03. The molecule has 0 bridgehead atoms. The van der Waals surface area contributed by atoms with Crippen LogP contribution in [0.3, 0.4) is 0 Å². The third-order valence-electron chi connectivity index (χ3n) is 5.37. The van der Waals surface area contributed by atoms with Gasteiger partial charge in [0.15, 0.2) is 15.8 Å². The van der Waals surface area contributed by atoms with E-state index in [0.717, 1.165) is 5.92 Å². The van der Waals surface area contributed by atoms with Crippen molar-refractivity contribution < 1.29 is 8.42 Å². The summed E-state index contributed by atoms with van der Waals surface area (Å²) in [7, 11) is -1.38. The van der Waals surface area contributed by atoms with Crippen LogP contribution in [0.4, 0.5) is 0 Å². The summed E-state index contributed by atoms with van der Waals surface area (Å²) in [6, 6.07) is 0.318. The maximum absolute atomic E-state index is 12.2. The van der Waals surface area contributed by atoms with Crippen molar-refractivity contribution in [3.63, 3.8) is 0 Å². The highest BCUT2D eigenvalue weighted by Gasteiger charge is 2.28. The molecule has 1 saturated carbocycles. The molecule has 6 heteroatoms. The third kappa shape index (κ3) is 6.26. The van der Waals surface area contributed by atoms with E-state index in [1.165, 1.54) is 32.1 Å². The molecule has 0 spiro atoms. The molecule has 1 aliphatic rings. The van der Waals surface area contributed by atoms with Crippen molar-refractivity contribution >= 4 is 15.8 Å². The van der Waals surface area contributed by atoms with Crippen LogP contribution >= 0.6 is 0 Å². The number of nitrogens with one attached hydrogen (secondary N) is 2. The minimum atomic E-state index is -3.11. The molecular weight excluding hydrogens is 322 g/mol. The lowest BCUT2D eigenvalue weighted by Crippen LogP contribution is -2.47. The van der Waals surface area contributed by atoms with E-state index in [-0.39, 0.29) is 5.75 Å². The normalized spacial score (nSPS) is 20.5. The van der Waals surface area contributed by atoms with Crippen molar-refractivity contribution in [2.45, 2.75) is 77.5 Å². The largest absolute Gasteiger partial charge is 0.355 e. The summed E-state index contributed by atoms with van der Waals surface area (Å²) in [5.41, 5.74) is 0. The topological polar surface area (TPSA) is 70.6 Å². The van der Waals surface area contributed by atoms with Gasteiger partial charge in [-0.2, -0.15) is 0 Å². The van der Waals surface area contributed by atoms with Crippen molar-refractivity contribution in [2.75, 3.05) is 19.3 Å². The Morgan fingerprint density at radius 1 is 1.17 bits per heavy atom. The molecule has 1 fully saturated rings. The fraction of sp³-hybridized carbons (Fsp3) is 0.944. The Morgan fingerprint density at radius 2 is 1.75 bits per heavy atom. The van der Waals surface area contributed by atoms with E-state index in [1.54, 1.807) is 27.8 Å². The predicted octanol–water partition coefficient (Wildman–Crippen LogP) is 2.97. The van der Waals surface area contributed by atoms with Crippen LogP contribution in [0.25, 0.3) is 0 Å². The lowest BCUT2D eigenvalue weighted by Gasteiger charge is -2.33. The second kappa shape index (κ2) is 9.07. The van der Waals surface area contributed by atoms with Crippen LogP contribution in [0.15, 0.2) is 4.99 Å². The Bertz CT molecular complexity index is 503. The van der Waals surface area contributed by atoms with Gasteiger partial charge in [-0.1, -0.05) is 39.0 Å². The van der Waals surface area contributed by atoms with Crippen LogP contribution in [0.2, 0.25) is 0 Å². The molecule has 2 unspecified atom stereocenters. The fourth-order valence-corrected chi connectivity index (χ4v) is 4.20. The summed E-state index contributed by atoms with van der Waals surface area (Å²) in [6.07, 6.45) is 6.71. The highest BCUT2D eigenvalue weighted by molar-refractivity contribution is 7.92. The molecule has 2 N–H and O–H groups in total. The molecule has 0 aromatic heterocycles. The maximum atomic E-state index is 12.2.